The molecule has 2 nitrogen and oxygen atoms in total. The Morgan fingerprint density at radius 3 is 2.69 bits per heavy atom. The Morgan fingerprint density at radius 2 is 2.15 bits per heavy atom. The van der Waals surface area contributed by atoms with Gasteiger partial charge in [-0.25, -0.2) is 4.98 Å². The molecule has 0 unspecified atom stereocenters. The van der Waals surface area contributed by atoms with Gasteiger partial charge in [0, 0.05) is 10.4 Å². The summed E-state index contributed by atoms with van der Waals surface area (Å²) in [6.07, 6.45) is 0. The maximum atomic E-state index is 11.6. The quantitative estimate of drug-likeness (QED) is 0.604. The zero-order valence-corrected chi connectivity index (χ0v) is 9.69. The molecule has 1 rings (SSSR count). The van der Waals surface area contributed by atoms with E-state index in [9.17, 15) is 4.79 Å². The van der Waals surface area contributed by atoms with Crippen molar-refractivity contribution >= 4 is 33.3 Å². The van der Waals surface area contributed by atoms with Crippen molar-refractivity contribution in [2.75, 3.05) is 0 Å². The van der Waals surface area contributed by atoms with Crippen LogP contribution in [0.3, 0.4) is 0 Å². The molecule has 0 saturated carbocycles. The van der Waals surface area contributed by atoms with Gasteiger partial charge in [0.1, 0.15) is 10.8 Å². The highest BCUT2D eigenvalue weighted by Crippen LogP contribution is 2.20. The number of halogens is 2. The third-order valence-corrected chi connectivity index (χ3v) is 2.42. The van der Waals surface area contributed by atoms with Crippen molar-refractivity contribution in [1.82, 2.24) is 4.98 Å². The van der Waals surface area contributed by atoms with Crippen LogP contribution in [0.5, 0.6) is 0 Å². The van der Waals surface area contributed by atoms with Crippen LogP contribution in [0.25, 0.3) is 0 Å². The van der Waals surface area contributed by atoms with Gasteiger partial charge in [-0.15, -0.1) is 0 Å². The number of carbonyl (C=O) groups is 1. The largest absolute Gasteiger partial charge is 0.292 e. The highest BCUT2D eigenvalue weighted by Gasteiger charge is 2.15. The van der Waals surface area contributed by atoms with E-state index in [1.54, 1.807) is 12.1 Å². The minimum Gasteiger partial charge on any atom is -0.292 e. The highest BCUT2D eigenvalue weighted by atomic mass is 79.9. The van der Waals surface area contributed by atoms with Crippen LogP contribution in [0.4, 0.5) is 0 Å². The van der Waals surface area contributed by atoms with Crippen LogP contribution in [0.1, 0.15) is 24.3 Å². The lowest BCUT2D eigenvalue weighted by molar-refractivity contribution is 0.0933. The molecule has 0 N–H and O–H groups in total. The molecule has 13 heavy (non-hydrogen) atoms. The molecule has 0 amide bonds. The second-order valence-electron chi connectivity index (χ2n) is 2.98. The molecule has 1 aromatic rings. The first-order valence-electron chi connectivity index (χ1n) is 3.88. The number of aromatic nitrogens is 1. The van der Waals surface area contributed by atoms with Crippen LogP contribution in [-0.4, -0.2) is 10.8 Å². The van der Waals surface area contributed by atoms with Gasteiger partial charge in [-0.1, -0.05) is 25.4 Å². The monoisotopic (exact) mass is 261 g/mol. The number of Topliss-reactive ketones (excluding diaryl/α,β-unsaturated/α-hetero) is 1. The molecular formula is C9H9BrClNO. The highest BCUT2D eigenvalue weighted by molar-refractivity contribution is 9.10. The topological polar surface area (TPSA) is 30.0 Å². The minimum absolute atomic E-state index is 0.00521. The van der Waals surface area contributed by atoms with Crippen LogP contribution in [0, 0.1) is 5.92 Å². The van der Waals surface area contributed by atoms with E-state index in [1.807, 2.05) is 13.8 Å². The molecule has 0 aliphatic heterocycles. The van der Waals surface area contributed by atoms with Gasteiger partial charge in [0.2, 0.25) is 0 Å². The molecule has 0 atom stereocenters. The third-order valence-electron chi connectivity index (χ3n) is 1.57. The lowest BCUT2D eigenvalue weighted by Gasteiger charge is -2.05. The summed E-state index contributed by atoms with van der Waals surface area (Å²) in [5.41, 5.74) is 0.405. The SMILES string of the molecule is CC(C)C(=O)c1nc(Cl)ccc1Br. The fourth-order valence-electron chi connectivity index (χ4n) is 0.865. The second kappa shape index (κ2) is 4.20. The van der Waals surface area contributed by atoms with Gasteiger partial charge in [0.15, 0.2) is 5.78 Å². The van der Waals surface area contributed by atoms with Gasteiger partial charge in [-0.3, -0.25) is 4.79 Å². The van der Waals surface area contributed by atoms with Crippen LogP contribution in [-0.2, 0) is 0 Å². The number of pyridine rings is 1. The normalized spacial score (nSPS) is 10.5. The van der Waals surface area contributed by atoms with Crippen LogP contribution >= 0.6 is 27.5 Å². The van der Waals surface area contributed by atoms with Gasteiger partial charge in [0.05, 0.1) is 0 Å². The smallest absolute Gasteiger partial charge is 0.184 e. The summed E-state index contributed by atoms with van der Waals surface area (Å²) < 4.78 is 0.690. The molecule has 70 valence electrons. The van der Waals surface area contributed by atoms with Gasteiger partial charge in [-0.05, 0) is 28.1 Å². The van der Waals surface area contributed by atoms with Crippen molar-refractivity contribution in [2.24, 2.45) is 5.92 Å². The summed E-state index contributed by atoms with van der Waals surface area (Å²) in [6, 6.07) is 3.37. The van der Waals surface area contributed by atoms with E-state index < -0.39 is 0 Å². The lowest BCUT2D eigenvalue weighted by Crippen LogP contribution is -2.10. The Hall–Kier alpha value is -0.410. The Balaban J connectivity index is 3.13. The molecule has 0 aliphatic rings. The molecule has 0 aliphatic carbocycles. The Morgan fingerprint density at radius 1 is 1.54 bits per heavy atom. The molecule has 0 bridgehead atoms. The first-order chi connectivity index (χ1) is 6.02. The lowest BCUT2D eigenvalue weighted by atomic mass is 10.1. The van der Waals surface area contributed by atoms with E-state index in [0.29, 0.717) is 15.3 Å². The minimum atomic E-state index is -0.0673. The number of ketones is 1. The molecule has 0 radical (unpaired) electrons. The third kappa shape index (κ3) is 2.51. The van der Waals surface area contributed by atoms with Crippen LogP contribution in [0.2, 0.25) is 5.15 Å². The Labute approximate surface area is 90.4 Å². The van der Waals surface area contributed by atoms with E-state index in [2.05, 4.69) is 20.9 Å². The molecule has 4 heteroatoms. The van der Waals surface area contributed by atoms with Crippen molar-refractivity contribution in [3.63, 3.8) is 0 Å². The Bertz CT molecular complexity index is 338. The fraction of sp³-hybridized carbons (Fsp3) is 0.333. The number of carbonyl (C=O) groups excluding carboxylic acids is 1. The van der Waals surface area contributed by atoms with Gasteiger partial charge >= 0.3 is 0 Å². The molecule has 1 heterocycles. The van der Waals surface area contributed by atoms with Crippen molar-refractivity contribution < 1.29 is 4.79 Å². The fourth-order valence-corrected chi connectivity index (χ4v) is 1.43. The molecular weight excluding hydrogens is 253 g/mol. The molecule has 1 aromatic heterocycles. The number of rotatable bonds is 2. The maximum Gasteiger partial charge on any atom is 0.184 e. The summed E-state index contributed by atoms with van der Waals surface area (Å²) in [5.74, 6) is -0.0726. The predicted molar refractivity (Wildman–Crippen MR) is 56.1 cm³/mol. The predicted octanol–water partition coefficient (Wildman–Crippen LogP) is 3.34. The van der Waals surface area contributed by atoms with Crippen molar-refractivity contribution in [2.45, 2.75) is 13.8 Å². The van der Waals surface area contributed by atoms with E-state index >= 15 is 0 Å². The summed E-state index contributed by atoms with van der Waals surface area (Å²) in [7, 11) is 0. The van der Waals surface area contributed by atoms with Gasteiger partial charge in [-0.2, -0.15) is 0 Å². The van der Waals surface area contributed by atoms with Crippen molar-refractivity contribution in [3.05, 3.63) is 27.5 Å². The van der Waals surface area contributed by atoms with Crippen molar-refractivity contribution in [3.8, 4) is 0 Å². The first-order valence-corrected chi connectivity index (χ1v) is 5.05. The number of nitrogens with zero attached hydrogens (tertiary/aromatic N) is 1. The molecule has 0 fully saturated rings. The maximum absolute atomic E-state index is 11.6. The average molecular weight is 263 g/mol. The summed E-state index contributed by atoms with van der Waals surface area (Å²) >= 11 is 8.94. The summed E-state index contributed by atoms with van der Waals surface area (Å²) in [5, 5.41) is 0.340. The number of hydrogen-bond acceptors (Lipinski definition) is 2. The van der Waals surface area contributed by atoms with Gasteiger partial charge < -0.3 is 0 Å². The zero-order chi connectivity index (χ0) is 10.0. The Kier molecular flexibility index (Phi) is 3.45. The van der Waals surface area contributed by atoms with E-state index in [1.165, 1.54) is 0 Å². The molecule has 0 spiro atoms. The molecule has 0 saturated heterocycles. The second-order valence-corrected chi connectivity index (χ2v) is 4.22. The standard InChI is InChI=1S/C9H9BrClNO/c1-5(2)9(13)8-6(10)3-4-7(11)12-8/h3-5H,1-2H3. The average Bonchev–Trinajstić information content (AvgIpc) is 2.08. The first kappa shape index (κ1) is 10.7. The van der Waals surface area contributed by atoms with E-state index in [4.69, 9.17) is 11.6 Å². The van der Waals surface area contributed by atoms with E-state index in [-0.39, 0.29) is 11.7 Å². The summed E-state index contributed by atoms with van der Waals surface area (Å²) in [4.78, 5) is 15.5. The van der Waals surface area contributed by atoms with Crippen molar-refractivity contribution in [1.29, 1.82) is 0 Å². The van der Waals surface area contributed by atoms with E-state index in [0.717, 1.165) is 0 Å². The van der Waals surface area contributed by atoms with Crippen LogP contribution in [0.15, 0.2) is 16.6 Å². The van der Waals surface area contributed by atoms with Gasteiger partial charge in [0.25, 0.3) is 0 Å². The number of hydrogen-bond donors (Lipinski definition) is 0. The zero-order valence-electron chi connectivity index (χ0n) is 7.34. The van der Waals surface area contributed by atoms with Crippen LogP contribution < -0.4 is 0 Å². The summed E-state index contributed by atoms with van der Waals surface area (Å²) in [6.45, 7) is 3.66. The molecule has 0 aromatic carbocycles.